The molecular formula is C18H14N2O4. The molecule has 6 heteroatoms. The van der Waals surface area contributed by atoms with Gasteiger partial charge in [-0.25, -0.2) is 9.59 Å². The molecule has 3 heterocycles. The second-order valence-corrected chi connectivity index (χ2v) is 6.57. The van der Waals surface area contributed by atoms with Gasteiger partial charge in [0, 0.05) is 12.4 Å². The highest BCUT2D eigenvalue weighted by molar-refractivity contribution is 6.02. The van der Waals surface area contributed by atoms with E-state index in [0.29, 0.717) is 22.5 Å². The summed E-state index contributed by atoms with van der Waals surface area (Å²) in [7, 11) is 0. The van der Waals surface area contributed by atoms with Crippen molar-refractivity contribution in [3.63, 3.8) is 0 Å². The first-order valence-corrected chi connectivity index (χ1v) is 8.01. The summed E-state index contributed by atoms with van der Waals surface area (Å²) in [6, 6.07) is 6.68. The SMILES string of the molecule is O=C1OC2(CC2)C2(CC2)OC(=O)c2cccnc2-c2ncccc21. The normalized spacial score (nSPS) is 22.2. The second-order valence-electron chi connectivity index (χ2n) is 6.57. The molecule has 0 atom stereocenters. The lowest BCUT2D eigenvalue weighted by Crippen LogP contribution is -2.40. The van der Waals surface area contributed by atoms with Gasteiger partial charge in [-0.05, 0) is 49.9 Å². The third-order valence-corrected chi connectivity index (χ3v) is 5.09. The van der Waals surface area contributed by atoms with Crippen molar-refractivity contribution in [2.24, 2.45) is 0 Å². The van der Waals surface area contributed by atoms with Gasteiger partial charge in [0.1, 0.15) is 11.4 Å². The Morgan fingerprint density at radius 3 is 1.54 bits per heavy atom. The standard InChI is InChI=1S/C18H14N2O4/c21-15-11-3-1-9-19-13(11)14-12(4-2-10-20-14)16(22)24-18(7-8-18)17(23-15)5-6-17/h1-4,9-10H,5-8H2. The number of hydrogen-bond acceptors (Lipinski definition) is 6. The Kier molecular flexibility index (Phi) is 2.51. The molecule has 2 aromatic rings. The van der Waals surface area contributed by atoms with E-state index in [-0.39, 0.29) is 0 Å². The minimum absolute atomic E-state index is 0.328. The Morgan fingerprint density at radius 1 is 0.750 bits per heavy atom. The highest BCUT2D eigenvalue weighted by atomic mass is 16.6. The topological polar surface area (TPSA) is 78.4 Å². The molecule has 0 amide bonds. The van der Waals surface area contributed by atoms with Gasteiger partial charge in [0.25, 0.3) is 0 Å². The maximum atomic E-state index is 12.8. The number of pyridine rings is 2. The zero-order valence-corrected chi connectivity index (χ0v) is 12.8. The van der Waals surface area contributed by atoms with Crippen molar-refractivity contribution in [2.45, 2.75) is 36.9 Å². The lowest BCUT2D eigenvalue weighted by atomic mass is 10.0. The lowest BCUT2D eigenvalue weighted by Gasteiger charge is -2.28. The third-order valence-electron chi connectivity index (χ3n) is 5.09. The fraction of sp³-hybridized carbons (Fsp3) is 0.333. The largest absolute Gasteiger partial charge is 0.451 e. The zero-order chi connectivity index (χ0) is 16.4. The van der Waals surface area contributed by atoms with Crippen LogP contribution in [0.15, 0.2) is 36.7 Å². The van der Waals surface area contributed by atoms with E-state index < -0.39 is 23.1 Å². The first-order chi connectivity index (χ1) is 11.6. The van der Waals surface area contributed by atoms with Crippen molar-refractivity contribution < 1.29 is 19.1 Å². The number of ether oxygens (including phenoxy) is 2. The van der Waals surface area contributed by atoms with E-state index in [2.05, 4.69) is 9.97 Å². The fourth-order valence-electron chi connectivity index (χ4n) is 3.51. The third kappa shape index (κ3) is 1.76. The van der Waals surface area contributed by atoms with Crippen LogP contribution in [0.2, 0.25) is 0 Å². The molecule has 120 valence electrons. The van der Waals surface area contributed by atoms with Crippen LogP contribution in [-0.2, 0) is 9.47 Å². The summed E-state index contributed by atoms with van der Waals surface area (Å²) < 4.78 is 11.6. The molecule has 2 fully saturated rings. The van der Waals surface area contributed by atoms with E-state index >= 15 is 0 Å². The van der Waals surface area contributed by atoms with Crippen molar-refractivity contribution in [1.29, 1.82) is 0 Å². The molecule has 0 saturated heterocycles. The van der Waals surface area contributed by atoms with Crippen LogP contribution in [0.25, 0.3) is 11.4 Å². The molecule has 0 unspecified atom stereocenters. The quantitative estimate of drug-likeness (QED) is 0.694. The van der Waals surface area contributed by atoms with Crippen molar-refractivity contribution >= 4 is 11.9 Å². The highest BCUT2D eigenvalue weighted by Crippen LogP contribution is 2.62. The summed E-state index contributed by atoms with van der Waals surface area (Å²) in [6.45, 7) is 0. The van der Waals surface area contributed by atoms with Crippen LogP contribution in [0.3, 0.4) is 0 Å². The van der Waals surface area contributed by atoms with Gasteiger partial charge in [-0.3, -0.25) is 9.97 Å². The van der Waals surface area contributed by atoms with Crippen LogP contribution < -0.4 is 0 Å². The predicted octanol–water partition coefficient (Wildman–Crippen LogP) is 2.54. The van der Waals surface area contributed by atoms with E-state index in [1.54, 1.807) is 36.7 Å². The van der Waals surface area contributed by atoms with E-state index in [9.17, 15) is 9.59 Å². The van der Waals surface area contributed by atoms with Crippen LogP contribution >= 0.6 is 0 Å². The molecule has 1 aliphatic heterocycles. The Hall–Kier alpha value is -2.76. The average molecular weight is 322 g/mol. The Balaban J connectivity index is 1.74. The summed E-state index contributed by atoms with van der Waals surface area (Å²) in [5.74, 6) is -0.868. The van der Waals surface area contributed by atoms with Crippen LogP contribution in [-0.4, -0.2) is 33.1 Å². The predicted molar refractivity (Wildman–Crippen MR) is 82.2 cm³/mol. The van der Waals surface area contributed by atoms with Crippen LogP contribution in [0.4, 0.5) is 0 Å². The molecule has 6 nitrogen and oxygen atoms in total. The van der Waals surface area contributed by atoms with E-state index in [0.717, 1.165) is 25.7 Å². The van der Waals surface area contributed by atoms with Crippen molar-refractivity contribution in [3.8, 4) is 11.4 Å². The maximum Gasteiger partial charge on any atom is 0.341 e. The molecule has 3 aliphatic rings. The van der Waals surface area contributed by atoms with Crippen molar-refractivity contribution in [3.05, 3.63) is 47.8 Å². The van der Waals surface area contributed by atoms with Crippen LogP contribution in [0.1, 0.15) is 46.4 Å². The second kappa shape index (κ2) is 4.41. The molecule has 24 heavy (non-hydrogen) atoms. The van der Waals surface area contributed by atoms with Crippen molar-refractivity contribution in [1.82, 2.24) is 9.97 Å². The number of rotatable bonds is 0. The Bertz CT molecular complexity index is 811. The minimum Gasteiger partial charge on any atom is -0.451 e. The van der Waals surface area contributed by atoms with Crippen molar-refractivity contribution in [2.75, 3.05) is 0 Å². The fourth-order valence-corrected chi connectivity index (χ4v) is 3.51. The molecule has 0 N–H and O–H groups in total. The summed E-state index contributed by atoms with van der Waals surface area (Å²) in [5.41, 5.74) is -0.00211. The molecule has 0 radical (unpaired) electrons. The lowest BCUT2D eigenvalue weighted by molar-refractivity contribution is -0.0613. The number of hydrogen-bond donors (Lipinski definition) is 0. The summed E-state index contributed by atoms with van der Waals surface area (Å²) >= 11 is 0. The molecule has 0 aromatic carbocycles. The molecule has 2 spiro atoms. The number of nitrogens with zero attached hydrogens (tertiary/aromatic N) is 2. The van der Waals surface area contributed by atoms with E-state index in [1.165, 1.54) is 0 Å². The van der Waals surface area contributed by atoms with Crippen LogP contribution in [0, 0.1) is 0 Å². The summed E-state index contributed by atoms with van der Waals surface area (Å²) in [4.78, 5) is 34.0. The van der Waals surface area contributed by atoms with Crippen LogP contribution in [0.5, 0.6) is 0 Å². The van der Waals surface area contributed by atoms with Gasteiger partial charge in [-0.15, -0.1) is 0 Å². The minimum atomic E-state index is -0.674. The van der Waals surface area contributed by atoms with Gasteiger partial charge in [0.2, 0.25) is 0 Å². The maximum absolute atomic E-state index is 12.8. The zero-order valence-electron chi connectivity index (χ0n) is 12.8. The monoisotopic (exact) mass is 322 g/mol. The number of carbonyl (C=O) groups is 2. The first kappa shape index (κ1) is 13.7. The average Bonchev–Trinajstić information content (AvgIpc) is 3.51. The first-order valence-electron chi connectivity index (χ1n) is 8.01. The Morgan fingerprint density at radius 2 is 1.17 bits per heavy atom. The molecule has 2 aliphatic carbocycles. The van der Waals surface area contributed by atoms with Gasteiger partial charge in [-0.2, -0.15) is 0 Å². The molecular weight excluding hydrogens is 308 g/mol. The van der Waals surface area contributed by atoms with Gasteiger partial charge in [-0.1, -0.05) is 0 Å². The van der Waals surface area contributed by atoms with E-state index in [1.807, 2.05) is 0 Å². The van der Waals surface area contributed by atoms with Gasteiger partial charge in [0.15, 0.2) is 11.2 Å². The molecule has 5 rings (SSSR count). The van der Waals surface area contributed by atoms with E-state index in [4.69, 9.17) is 9.47 Å². The van der Waals surface area contributed by atoms with Gasteiger partial charge in [0.05, 0.1) is 11.1 Å². The Labute approximate surface area is 137 Å². The molecule has 2 saturated carbocycles. The molecule has 0 bridgehead atoms. The van der Waals surface area contributed by atoms with Gasteiger partial charge >= 0.3 is 11.9 Å². The number of esters is 2. The van der Waals surface area contributed by atoms with Gasteiger partial charge < -0.3 is 9.47 Å². The number of fused-ring (bicyclic) bond motifs is 4. The molecule has 2 aromatic heterocycles. The number of carbonyl (C=O) groups excluding carboxylic acids is 2. The number of aromatic nitrogens is 2. The smallest absolute Gasteiger partial charge is 0.341 e. The summed E-state index contributed by atoms with van der Waals surface area (Å²) in [5, 5.41) is 0. The summed E-state index contributed by atoms with van der Waals surface area (Å²) in [6.07, 6.45) is 6.03. The highest BCUT2D eigenvalue weighted by Gasteiger charge is 2.72.